The molecular weight excluding hydrogens is 406 g/mol. The summed E-state index contributed by atoms with van der Waals surface area (Å²) in [5, 5.41) is 12.9. The van der Waals surface area contributed by atoms with E-state index >= 15 is 0 Å². The Morgan fingerprint density at radius 3 is 2.41 bits per heavy atom. The van der Waals surface area contributed by atoms with Crippen LogP contribution in [0.4, 0.5) is 5.69 Å². The van der Waals surface area contributed by atoms with Crippen LogP contribution in [0.15, 0.2) is 41.2 Å². The highest BCUT2D eigenvalue weighted by atomic mass is 35.5. The number of aryl methyl sites for hydroxylation is 2. The minimum Gasteiger partial charge on any atom is -0.506 e. The average molecular weight is 426 g/mol. The molecule has 29 heavy (non-hydrogen) atoms. The van der Waals surface area contributed by atoms with Crippen molar-refractivity contribution in [2.45, 2.75) is 13.8 Å². The second kappa shape index (κ2) is 7.21. The third-order valence-corrected chi connectivity index (χ3v) is 6.30. The molecule has 0 bridgehead atoms. The number of hydrogen-bond acceptors (Lipinski definition) is 5. The van der Waals surface area contributed by atoms with Crippen molar-refractivity contribution in [2.75, 3.05) is 19.0 Å². The third-order valence-electron chi connectivity index (χ3n) is 4.90. The number of aromatic amines is 1. The van der Waals surface area contributed by atoms with Crippen LogP contribution in [0.5, 0.6) is 5.75 Å². The third kappa shape index (κ3) is 3.39. The summed E-state index contributed by atoms with van der Waals surface area (Å²) in [5.41, 5.74) is 3.90. The number of anilines is 1. The lowest BCUT2D eigenvalue weighted by atomic mass is 10.0. The molecule has 0 atom stereocenters. The molecule has 2 aromatic heterocycles. The van der Waals surface area contributed by atoms with Gasteiger partial charge in [-0.05, 0) is 43.7 Å². The van der Waals surface area contributed by atoms with E-state index in [1.54, 1.807) is 6.07 Å². The van der Waals surface area contributed by atoms with Gasteiger partial charge in [0.25, 0.3) is 5.56 Å². The van der Waals surface area contributed by atoms with Gasteiger partial charge in [-0.25, -0.2) is 4.98 Å². The highest BCUT2D eigenvalue weighted by Gasteiger charge is 2.20. The van der Waals surface area contributed by atoms with Gasteiger partial charge in [-0.3, -0.25) is 4.79 Å². The van der Waals surface area contributed by atoms with Crippen LogP contribution in [0.3, 0.4) is 0 Å². The summed E-state index contributed by atoms with van der Waals surface area (Å²) < 4.78 is 0. The van der Waals surface area contributed by atoms with Gasteiger partial charge in [0.2, 0.25) is 0 Å². The maximum absolute atomic E-state index is 12.7. The van der Waals surface area contributed by atoms with Crippen molar-refractivity contribution < 1.29 is 5.11 Å². The van der Waals surface area contributed by atoms with Crippen molar-refractivity contribution in [3.8, 4) is 27.3 Å². The fraction of sp³-hybridized carbons (Fsp3) is 0.182. The molecule has 0 radical (unpaired) electrons. The zero-order chi connectivity index (χ0) is 20.9. The maximum Gasteiger partial charge on any atom is 0.260 e. The zero-order valence-corrected chi connectivity index (χ0v) is 18.1. The molecule has 0 aliphatic carbocycles. The Bertz CT molecular complexity index is 1290. The molecule has 0 aliphatic heterocycles. The second-order valence-corrected chi connectivity index (χ2v) is 8.75. The van der Waals surface area contributed by atoms with Crippen molar-refractivity contribution in [3.05, 3.63) is 62.5 Å². The van der Waals surface area contributed by atoms with Gasteiger partial charge in [0.15, 0.2) is 0 Å². The number of rotatable bonds is 3. The molecule has 0 aliphatic rings. The van der Waals surface area contributed by atoms with E-state index in [9.17, 15) is 9.90 Å². The largest absolute Gasteiger partial charge is 0.506 e. The molecule has 7 heteroatoms. The Hall–Kier alpha value is -2.83. The summed E-state index contributed by atoms with van der Waals surface area (Å²) in [6.45, 7) is 3.71. The standard InChI is InChI=1S/C22H20ClN3O2S/c1-11-21(29-12(2)24-11)19-20(27)16-9-15(17(23)10-18(16)25-22(19)28)13-5-7-14(8-6-13)26(3)4/h5-10H,1-4H3,(H2,25,27,28). The molecule has 2 N–H and O–H groups in total. The molecule has 0 saturated carbocycles. The first-order valence-electron chi connectivity index (χ1n) is 9.07. The van der Waals surface area contributed by atoms with Gasteiger partial charge in [0.1, 0.15) is 11.3 Å². The van der Waals surface area contributed by atoms with Crippen LogP contribution in [-0.4, -0.2) is 29.2 Å². The summed E-state index contributed by atoms with van der Waals surface area (Å²) in [6, 6.07) is 11.5. The van der Waals surface area contributed by atoms with Gasteiger partial charge in [0, 0.05) is 30.7 Å². The van der Waals surface area contributed by atoms with E-state index in [-0.39, 0.29) is 16.9 Å². The molecule has 2 heterocycles. The van der Waals surface area contributed by atoms with E-state index in [2.05, 4.69) is 9.97 Å². The van der Waals surface area contributed by atoms with Crippen LogP contribution in [0.1, 0.15) is 10.7 Å². The van der Waals surface area contributed by atoms with Crippen LogP contribution >= 0.6 is 22.9 Å². The smallest absolute Gasteiger partial charge is 0.260 e. The van der Waals surface area contributed by atoms with Gasteiger partial charge in [-0.15, -0.1) is 11.3 Å². The Morgan fingerprint density at radius 1 is 1.14 bits per heavy atom. The molecule has 148 valence electrons. The van der Waals surface area contributed by atoms with Crippen LogP contribution in [-0.2, 0) is 0 Å². The van der Waals surface area contributed by atoms with E-state index in [4.69, 9.17) is 11.6 Å². The van der Waals surface area contributed by atoms with Crippen molar-refractivity contribution in [2.24, 2.45) is 0 Å². The van der Waals surface area contributed by atoms with Gasteiger partial charge in [-0.2, -0.15) is 0 Å². The number of pyridine rings is 1. The molecule has 2 aromatic carbocycles. The minimum absolute atomic E-state index is 0.0571. The first-order chi connectivity index (χ1) is 13.8. The topological polar surface area (TPSA) is 69.2 Å². The first-order valence-corrected chi connectivity index (χ1v) is 10.3. The van der Waals surface area contributed by atoms with Gasteiger partial charge < -0.3 is 15.0 Å². The van der Waals surface area contributed by atoms with Crippen LogP contribution in [0.25, 0.3) is 32.5 Å². The molecule has 5 nitrogen and oxygen atoms in total. The number of halogens is 1. The summed E-state index contributed by atoms with van der Waals surface area (Å²) in [4.78, 5) is 22.6. The molecule has 0 spiro atoms. The van der Waals surface area contributed by atoms with Gasteiger partial charge in [-0.1, -0.05) is 23.7 Å². The normalized spacial score (nSPS) is 11.2. The summed E-state index contributed by atoms with van der Waals surface area (Å²) in [6.07, 6.45) is 0. The Labute approximate surface area is 177 Å². The number of aromatic hydroxyl groups is 1. The molecule has 0 saturated heterocycles. The lowest BCUT2D eigenvalue weighted by molar-refractivity contribution is 0.482. The maximum atomic E-state index is 12.7. The molecule has 4 rings (SSSR count). The number of benzene rings is 2. The van der Waals surface area contributed by atoms with Crippen molar-refractivity contribution in [3.63, 3.8) is 0 Å². The van der Waals surface area contributed by atoms with Crippen LogP contribution < -0.4 is 10.5 Å². The zero-order valence-electron chi connectivity index (χ0n) is 16.5. The molecule has 0 unspecified atom stereocenters. The number of hydrogen-bond donors (Lipinski definition) is 2. The van der Waals surface area contributed by atoms with Crippen molar-refractivity contribution >= 4 is 39.5 Å². The summed E-state index contributed by atoms with van der Waals surface area (Å²) >= 11 is 7.90. The number of thiazole rings is 1. The SMILES string of the molecule is Cc1nc(C)c(-c2c(O)c3cc(-c4ccc(N(C)C)cc4)c(Cl)cc3[nH]c2=O)s1. The van der Waals surface area contributed by atoms with Gasteiger partial charge in [0.05, 0.1) is 26.1 Å². The van der Waals surface area contributed by atoms with Crippen LogP contribution in [0.2, 0.25) is 5.02 Å². The summed E-state index contributed by atoms with van der Waals surface area (Å²) in [5.74, 6) is -0.0571. The number of aromatic nitrogens is 2. The Morgan fingerprint density at radius 2 is 1.83 bits per heavy atom. The molecular formula is C22H20ClN3O2S. The van der Waals surface area contributed by atoms with E-state index in [1.165, 1.54) is 11.3 Å². The first kappa shape index (κ1) is 19.5. The minimum atomic E-state index is -0.360. The van der Waals surface area contributed by atoms with E-state index in [0.717, 1.165) is 27.5 Å². The quantitative estimate of drug-likeness (QED) is 0.463. The monoisotopic (exact) mass is 425 g/mol. The lowest BCUT2D eigenvalue weighted by Gasteiger charge is -2.14. The van der Waals surface area contributed by atoms with E-state index in [1.807, 2.05) is 63.2 Å². The highest BCUT2D eigenvalue weighted by molar-refractivity contribution is 7.15. The predicted octanol–water partition coefficient (Wildman–Crippen LogP) is 5.36. The van der Waals surface area contributed by atoms with Gasteiger partial charge >= 0.3 is 0 Å². The average Bonchev–Trinajstić information content (AvgIpc) is 2.99. The second-order valence-electron chi connectivity index (χ2n) is 7.14. The number of H-pyrrole nitrogens is 1. The molecule has 0 fully saturated rings. The summed E-state index contributed by atoms with van der Waals surface area (Å²) in [7, 11) is 3.97. The predicted molar refractivity (Wildman–Crippen MR) is 122 cm³/mol. The fourth-order valence-electron chi connectivity index (χ4n) is 3.43. The number of fused-ring (bicyclic) bond motifs is 1. The Balaban J connectivity index is 1.94. The Kier molecular flexibility index (Phi) is 4.84. The molecule has 4 aromatic rings. The van der Waals surface area contributed by atoms with Crippen LogP contribution in [0, 0.1) is 13.8 Å². The van der Waals surface area contributed by atoms with Crippen molar-refractivity contribution in [1.29, 1.82) is 0 Å². The highest BCUT2D eigenvalue weighted by Crippen LogP contribution is 2.40. The van der Waals surface area contributed by atoms with E-state index in [0.29, 0.717) is 20.8 Å². The number of nitrogens with one attached hydrogen (secondary N) is 1. The van der Waals surface area contributed by atoms with Crippen molar-refractivity contribution in [1.82, 2.24) is 9.97 Å². The fourth-order valence-corrected chi connectivity index (χ4v) is 4.67. The van der Waals surface area contributed by atoms with E-state index < -0.39 is 0 Å². The molecule has 0 amide bonds. The lowest BCUT2D eigenvalue weighted by Crippen LogP contribution is -2.09. The number of nitrogens with zero attached hydrogens (tertiary/aromatic N) is 2.